The Labute approximate surface area is 129 Å². The van der Waals surface area contributed by atoms with Crippen LogP contribution in [-0.4, -0.2) is 52.3 Å². The Morgan fingerprint density at radius 3 is 2.73 bits per heavy atom. The van der Waals surface area contributed by atoms with E-state index in [1.807, 2.05) is 44.3 Å². The number of carbonyl (C=O) groups is 1. The minimum atomic E-state index is -0.384. The maximum absolute atomic E-state index is 12.1. The second-order valence-corrected chi connectivity index (χ2v) is 4.75. The summed E-state index contributed by atoms with van der Waals surface area (Å²) in [6, 6.07) is 9.14. The lowest BCUT2D eigenvalue weighted by Crippen LogP contribution is -2.42. The molecule has 0 aliphatic rings. The molecule has 8 nitrogen and oxygen atoms in total. The molecule has 1 atom stereocenters. The number of rotatable bonds is 8. The number of tetrazole rings is 1. The number of hydrogen-bond donors (Lipinski definition) is 3. The van der Waals surface area contributed by atoms with Gasteiger partial charge in [0, 0.05) is 13.1 Å². The first-order chi connectivity index (χ1) is 10.8. The third kappa shape index (κ3) is 4.01. The summed E-state index contributed by atoms with van der Waals surface area (Å²) < 4.78 is 1.57. The number of likely N-dealkylation sites (N-methyl/N-ethyl adjacent to an activating group) is 1. The van der Waals surface area contributed by atoms with Crippen LogP contribution in [0.4, 0.5) is 5.95 Å². The summed E-state index contributed by atoms with van der Waals surface area (Å²) in [6.07, 6.45) is 0.632. The van der Waals surface area contributed by atoms with Gasteiger partial charge >= 0.3 is 0 Å². The molecule has 0 aliphatic heterocycles. The standard InChI is InChI=1S/C14H21N7O/c1-3-12(13(22)16-10-9-15-2)17-14-18-19-20-21(14)11-7-5-4-6-8-11/h4-8,12,15H,3,9-10H2,1-2H3,(H,16,22)(H,17,18,20). The minimum absolute atomic E-state index is 0.0691. The molecule has 2 rings (SSSR count). The maximum atomic E-state index is 12.1. The lowest BCUT2D eigenvalue weighted by molar-refractivity contribution is -0.121. The fraction of sp³-hybridized carbons (Fsp3) is 0.429. The van der Waals surface area contributed by atoms with Gasteiger partial charge < -0.3 is 16.0 Å². The second-order valence-electron chi connectivity index (χ2n) is 4.75. The van der Waals surface area contributed by atoms with Crippen LogP contribution in [0.2, 0.25) is 0 Å². The molecule has 1 unspecified atom stereocenters. The largest absolute Gasteiger partial charge is 0.353 e. The number of amides is 1. The van der Waals surface area contributed by atoms with Crippen LogP contribution in [0.3, 0.4) is 0 Å². The molecule has 1 heterocycles. The number of carbonyl (C=O) groups excluding carboxylic acids is 1. The van der Waals surface area contributed by atoms with E-state index in [2.05, 4.69) is 31.5 Å². The van der Waals surface area contributed by atoms with E-state index >= 15 is 0 Å². The molecule has 3 N–H and O–H groups in total. The summed E-state index contributed by atoms with van der Waals surface area (Å²) in [7, 11) is 1.84. The van der Waals surface area contributed by atoms with Crippen molar-refractivity contribution in [1.29, 1.82) is 0 Å². The summed E-state index contributed by atoms with van der Waals surface area (Å²) in [4.78, 5) is 12.1. The molecule has 8 heteroatoms. The first-order valence-electron chi connectivity index (χ1n) is 7.29. The van der Waals surface area contributed by atoms with Gasteiger partial charge in [-0.15, -0.1) is 0 Å². The van der Waals surface area contributed by atoms with Crippen LogP contribution in [0.15, 0.2) is 30.3 Å². The zero-order valence-electron chi connectivity index (χ0n) is 12.8. The van der Waals surface area contributed by atoms with Crippen LogP contribution in [0, 0.1) is 0 Å². The molecule has 0 radical (unpaired) electrons. The highest BCUT2D eigenvalue weighted by atomic mass is 16.2. The van der Waals surface area contributed by atoms with Gasteiger partial charge in [-0.3, -0.25) is 4.79 Å². The van der Waals surface area contributed by atoms with Gasteiger partial charge in [-0.1, -0.05) is 30.2 Å². The SMILES string of the molecule is CCC(Nc1nnnn1-c1ccccc1)C(=O)NCCNC. The van der Waals surface area contributed by atoms with Crippen molar-refractivity contribution in [3.8, 4) is 5.69 Å². The Kier molecular flexibility index (Phi) is 5.84. The fourth-order valence-corrected chi connectivity index (χ4v) is 1.96. The Bertz CT molecular complexity index is 584. The molecule has 0 aliphatic carbocycles. The molecule has 0 saturated heterocycles. The Balaban J connectivity index is 2.06. The van der Waals surface area contributed by atoms with Crippen molar-refractivity contribution in [2.45, 2.75) is 19.4 Å². The Morgan fingerprint density at radius 2 is 2.05 bits per heavy atom. The highest BCUT2D eigenvalue weighted by Gasteiger charge is 2.19. The summed E-state index contributed by atoms with van der Waals surface area (Å²) in [6.45, 7) is 3.24. The zero-order chi connectivity index (χ0) is 15.8. The second kappa shape index (κ2) is 8.08. The smallest absolute Gasteiger partial charge is 0.248 e. The minimum Gasteiger partial charge on any atom is -0.353 e. The van der Waals surface area contributed by atoms with Crippen molar-refractivity contribution < 1.29 is 4.79 Å². The molecule has 118 valence electrons. The number of nitrogens with one attached hydrogen (secondary N) is 3. The molecule has 0 bridgehead atoms. The van der Waals surface area contributed by atoms with Crippen molar-refractivity contribution in [2.24, 2.45) is 0 Å². The van der Waals surface area contributed by atoms with E-state index in [0.717, 1.165) is 12.2 Å². The van der Waals surface area contributed by atoms with E-state index in [9.17, 15) is 4.79 Å². The van der Waals surface area contributed by atoms with Gasteiger partial charge in [-0.25, -0.2) is 0 Å². The Hall–Kier alpha value is -2.48. The van der Waals surface area contributed by atoms with Gasteiger partial charge in [0.05, 0.1) is 5.69 Å². The van der Waals surface area contributed by atoms with Gasteiger partial charge in [-0.05, 0) is 36.0 Å². The fourth-order valence-electron chi connectivity index (χ4n) is 1.96. The molecule has 1 aromatic carbocycles. The van der Waals surface area contributed by atoms with Crippen molar-refractivity contribution >= 4 is 11.9 Å². The van der Waals surface area contributed by atoms with Crippen LogP contribution < -0.4 is 16.0 Å². The van der Waals surface area contributed by atoms with Gasteiger partial charge in [0.2, 0.25) is 11.9 Å². The van der Waals surface area contributed by atoms with Gasteiger partial charge in [-0.2, -0.15) is 4.68 Å². The van der Waals surface area contributed by atoms with Gasteiger partial charge in [0.15, 0.2) is 0 Å². The molecule has 22 heavy (non-hydrogen) atoms. The van der Waals surface area contributed by atoms with E-state index in [1.54, 1.807) is 4.68 Å². The molecule has 0 fully saturated rings. The number of para-hydroxylation sites is 1. The summed E-state index contributed by atoms with van der Waals surface area (Å²) in [5.41, 5.74) is 0.834. The molecule has 0 spiro atoms. The lowest BCUT2D eigenvalue weighted by Gasteiger charge is -2.17. The first kappa shape index (κ1) is 15.9. The predicted octanol–water partition coefficient (Wildman–Crippen LogP) is 0.188. The van der Waals surface area contributed by atoms with Gasteiger partial charge in [0.1, 0.15) is 6.04 Å². The molecule has 2 aromatic rings. The number of hydrogen-bond acceptors (Lipinski definition) is 6. The number of anilines is 1. The van der Waals surface area contributed by atoms with Gasteiger partial charge in [0.25, 0.3) is 0 Å². The lowest BCUT2D eigenvalue weighted by atomic mass is 10.2. The van der Waals surface area contributed by atoms with Crippen molar-refractivity contribution in [2.75, 3.05) is 25.5 Å². The highest BCUT2D eigenvalue weighted by Crippen LogP contribution is 2.12. The van der Waals surface area contributed by atoms with E-state index in [4.69, 9.17) is 0 Å². The molecular formula is C14H21N7O. The van der Waals surface area contributed by atoms with Crippen molar-refractivity contribution in [1.82, 2.24) is 30.8 Å². The topological polar surface area (TPSA) is 96.8 Å². The first-order valence-corrected chi connectivity index (χ1v) is 7.29. The van der Waals surface area contributed by atoms with Crippen molar-refractivity contribution in [3.63, 3.8) is 0 Å². The molecular weight excluding hydrogens is 282 g/mol. The normalized spacial score (nSPS) is 11.9. The average molecular weight is 303 g/mol. The third-order valence-corrected chi connectivity index (χ3v) is 3.17. The summed E-state index contributed by atoms with van der Waals surface area (Å²) in [5.74, 6) is 0.377. The van der Waals surface area contributed by atoms with Crippen LogP contribution in [0.5, 0.6) is 0 Å². The van der Waals surface area contributed by atoms with E-state index in [0.29, 0.717) is 18.9 Å². The molecule has 1 amide bonds. The quantitative estimate of drug-likeness (QED) is 0.602. The predicted molar refractivity (Wildman–Crippen MR) is 83.8 cm³/mol. The highest BCUT2D eigenvalue weighted by molar-refractivity contribution is 5.84. The third-order valence-electron chi connectivity index (χ3n) is 3.17. The average Bonchev–Trinajstić information content (AvgIpc) is 3.01. The monoisotopic (exact) mass is 303 g/mol. The number of benzene rings is 1. The van der Waals surface area contributed by atoms with E-state index < -0.39 is 0 Å². The number of aromatic nitrogens is 4. The van der Waals surface area contributed by atoms with Crippen molar-refractivity contribution in [3.05, 3.63) is 30.3 Å². The molecule has 0 saturated carbocycles. The summed E-state index contributed by atoms with van der Waals surface area (Å²) >= 11 is 0. The van der Waals surface area contributed by atoms with Crippen LogP contribution in [0.1, 0.15) is 13.3 Å². The maximum Gasteiger partial charge on any atom is 0.248 e. The zero-order valence-corrected chi connectivity index (χ0v) is 12.8. The van der Waals surface area contributed by atoms with Crippen LogP contribution in [0.25, 0.3) is 5.69 Å². The van der Waals surface area contributed by atoms with Crippen LogP contribution in [-0.2, 0) is 4.79 Å². The van der Waals surface area contributed by atoms with E-state index in [1.165, 1.54) is 0 Å². The number of nitrogens with zero attached hydrogens (tertiary/aromatic N) is 4. The molecule has 1 aromatic heterocycles. The van der Waals surface area contributed by atoms with Crippen LogP contribution >= 0.6 is 0 Å². The van der Waals surface area contributed by atoms with E-state index in [-0.39, 0.29) is 11.9 Å². The Morgan fingerprint density at radius 1 is 1.27 bits per heavy atom. The summed E-state index contributed by atoms with van der Waals surface area (Å²) in [5, 5.41) is 20.5.